The van der Waals surface area contributed by atoms with Crippen LogP contribution in [0, 0.1) is 6.92 Å². The molecule has 0 spiro atoms. The molecule has 3 rings (SSSR count). The smallest absolute Gasteiger partial charge is 0.287 e. The molecule has 2 aromatic heterocycles. The van der Waals surface area contributed by atoms with E-state index in [4.69, 9.17) is 8.83 Å². The molecule has 0 radical (unpaired) electrons. The summed E-state index contributed by atoms with van der Waals surface area (Å²) in [4.78, 5) is 26.5. The Morgan fingerprint density at radius 3 is 2.60 bits per heavy atom. The highest BCUT2D eigenvalue weighted by atomic mass is 16.3. The largest absolute Gasteiger partial charge is 0.465 e. The number of rotatable bonds is 5. The summed E-state index contributed by atoms with van der Waals surface area (Å²) in [5.74, 6) is 1.14. The molecular formula is C19H20N2O4. The summed E-state index contributed by atoms with van der Waals surface area (Å²) < 4.78 is 11.2. The molecule has 1 unspecified atom stereocenters. The number of hydrogen-bond donors (Lipinski definition) is 1. The van der Waals surface area contributed by atoms with Gasteiger partial charge < -0.3 is 14.2 Å². The second kappa shape index (κ2) is 6.94. The highest BCUT2D eigenvalue weighted by Gasteiger charge is 2.20. The Kier molecular flexibility index (Phi) is 4.72. The molecule has 1 aromatic carbocycles. The van der Waals surface area contributed by atoms with Gasteiger partial charge in [0, 0.05) is 12.6 Å². The van der Waals surface area contributed by atoms with Gasteiger partial charge in [0.1, 0.15) is 17.1 Å². The van der Waals surface area contributed by atoms with E-state index in [-0.39, 0.29) is 17.2 Å². The Labute approximate surface area is 145 Å². The minimum atomic E-state index is -0.432. The van der Waals surface area contributed by atoms with E-state index in [1.165, 1.54) is 6.07 Å². The molecule has 0 aliphatic rings. The van der Waals surface area contributed by atoms with Crippen LogP contribution < -0.4 is 10.7 Å². The minimum absolute atomic E-state index is 0.00293. The summed E-state index contributed by atoms with van der Waals surface area (Å²) in [5.41, 5.74) is 0.156. The molecule has 2 heterocycles. The zero-order valence-corrected chi connectivity index (χ0v) is 14.4. The number of carbonyl (C=O) groups excluding carboxylic acids is 1. The van der Waals surface area contributed by atoms with Gasteiger partial charge in [-0.15, -0.1) is 0 Å². The lowest BCUT2D eigenvalue weighted by Crippen LogP contribution is -2.34. The number of nitrogens with zero attached hydrogens (tertiary/aromatic N) is 1. The van der Waals surface area contributed by atoms with Crippen molar-refractivity contribution in [2.75, 3.05) is 20.6 Å². The fourth-order valence-electron chi connectivity index (χ4n) is 2.66. The molecule has 6 heteroatoms. The van der Waals surface area contributed by atoms with Crippen LogP contribution in [0.2, 0.25) is 0 Å². The second-order valence-electron chi connectivity index (χ2n) is 6.11. The van der Waals surface area contributed by atoms with Crippen molar-refractivity contribution in [1.82, 2.24) is 10.2 Å². The Hall–Kier alpha value is -2.86. The zero-order valence-electron chi connectivity index (χ0n) is 14.4. The van der Waals surface area contributed by atoms with Crippen molar-refractivity contribution in [3.8, 4) is 0 Å². The van der Waals surface area contributed by atoms with Gasteiger partial charge >= 0.3 is 0 Å². The lowest BCUT2D eigenvalue weighted by atomic mass is 10.2. The molecule has 0 aliphatic heterocycles. The molecule has 25 heavy (non-hydrogen) atoms. The molecule has 130 valence electrons. The van der Waals surface area contributed by atoms with Crippen molar-refractivity contribution >= 4 is 16.9 Å². The summed E-state index contributed by atoms with van der Waals surface area (Å²) >= 11 is 0. The van der Waals surface area contributed by atoms with Crippen molar-refractivity contribution in [3.63, 3.8) is 0 Å². The first kappa shape index (κ1) is 17.0. The van der Waals surface area contributed by atoms with E-state index in [0.717, 1.165) is 11.5 Å². The lowest BCUT2D eigenvalue weighted by molar-refractivity contribution is 0.0911. The van der Waals surface area contributed by atoms with E-state index in [1.807, 2.05) is 38.1 Å². The van der Waals surface area contributed by atoms with Crippen LogP contribution in [-0.4, -0.2) is 31.4 Å². The zero-order chi connectivity index (χ0) is 18.0. The predicted octanol–water partition coefficient (Wildman–Crippen LogP) is 2.73. The van der Waals surface area contributed by atoms with Crippen molar-refractivity contribution < 1.29 is 13.6 Å². The summed E-state index contributed by atoms with van der Waals surface area (Å²) in [6.45, 7) is 2.20. The van der Waals surface area contributed by atoms with Crippen LogP contribution in [0.25, 0.3) is 11.0 Å². The number of likely N-dealkylation sites (N-methyl/N-ethyl adjacent to an activating group) is 1. The molecule has 0 saturated carbocycles. The summed E-state index contributed by atoms with van der Waals surface area (Å²) in [6.07, 6.45) is 0. The molecule has 0 saturated heterocycles. The number of carbonyl (C=O) groups is 1. The number of hydrogen-bond acceptors (Lipinski definition) is 5. The summed E-state index contributed by atoms with van der Waals surface area (Å²) in [6, 6.07) is 11.7. The first-order valence-electron chi connectivity index (χ1n) is 7.99. The van der Waals surface area contributed by atoms with Gasteiger partial charge in [0.05, 0.1) is 11.4 Å². The number of furan rings is 1. The van der Waals surface area contributed by atoms with Gasteiger partial charge in [-0.25, -0.2) is 0 Å². The summed E-state index contributed by atoms with van der Waals surface area (Å²) in [7, 11) is 3.82. The first-order valence-corrected chi connectivity index (χ1v) is 7.99. The normalized spacial score (nSPS) is 12.5. The molecular weight excluding hydrogens is 320 g/mol. The highest BCUT2D eigenvalue weighted by molar-refractivity contribution is 5.93. The van der Waals surface area contributed by atoms with Crippen LogP contribution >= 0.6 is 0 Å². The third kappa shape index (κ3) is 3.64. The molecule has 1 amide bonds. The Morgan fingerprint density at radius 1 is 1.16 bits per heavy atom. The van der Waals surface area contributed by atoms with E-state index in [9.17, 15) is 9.59 Å². The third-order valence-electron chi connectivity index (χ3n) is 4.03. The number of benzene rings is 1. The monoisotopic (exact) mass is 340 g/mol. The van der Waals surface area contributed by atoms with Gasteiger partial charge in [0.15, 0.2) is 11.2 Å². The first-order chi connectivity index (χ1) is 12.0. The molecule has 3 aromatic rings. The number of nitrogens with one attached hydrogen (secondary N) is 1. The van der Waals surface area contributed by atoms with Crippen molar-refractivity contribution in [3.05, 3.63) is 70.0 Å². The van der Waals surface area contributed by atoms with E-state index >= 15 is 0 Å². The summed E-state index contributed by atoms with van der Waals surface area (Å²) in [5, 5.41) is 3.26. The van der Waals surface area contributed by atoms with Gasteiger partial charge in [0.2, 0.25) is 0 Å². The van der Waals surface area contributed by atoms with Crippen LogP contribution in [0.5, 0.6) is 0 Å². The maximum Gasteiger partial charge on any atom is 0.287 e. The predicted molar refractivity (Wildman–Crippen MR) is 94.7 cm³/mol. The number of aryl methyl sites for hydroxylation is 1. The quantitative estimate of drug-likeness (QED) is 0.773. The topological polar surface area (TPSA) is 75.7 Å². The van der Waals surface area contributed by atoms with Crippen LogP contribution in [-0.2, 0) is 0 Å². The van der Waals surface area contributed by atoms with E-state index in [0.29, 0.717) is 17.5 Å². The van der Waals surface area contributed by atoms with Crippen molar-refractivity contribution in [2.24, 2.45) is 0 Å². The van der Waals surface area contributed by atoms with E-state index in [1.54, 1.807) is 24.3 Å². The molecule has 0 aliphatic carbocycles. The molecule has 1 atom stereocenters. The van der Waals surface area contributed by atoms with Crippen LogP contribution in [0.3, 0.4) is 0 Å². The van der Waals surface area contributed by atoms with Gasteiger partial charge in [-0.05, 0) is 45.3 Å². The minimum Gasteiger partial charge on any atom is -0.465 e. The van der Waals surface area contributed by atoms with Crippen molar-refractivity contribution in [1.29, 1.82) is 0 Å². The fraction of sp³-hybridized carbons (Fsp3) is 0.263. The fourth-order valence-corrected chi connectivity index (χ4v) is 2.66. The number of para-hydroxylation sites is 1. The average Bonchev–Trinajstić information content (AvgIpc) is 3.00. The van der Waals surface area contributed by atoms with Gasteiger partial charge in [0.25, 0.3) is 5.91 Å². The number of fused-ring (bicyclic) bond motifs is 1. The maximum atomic E-state index is 12.4. The maximum absolute atomic E-state index is 12.4. The second-order valence-corrected chi connectivity index (χ2v) is 6.11. The highest BCUT2D eigenvalue weighted by Crippen LogP contribution is 2.20. The van der Waals surface area contributed by atoms with Gasteiger partial charge in [-0.1, -0.05) is 12.1 Å². The molecule has 1 N–H and O–H groups in total. The molecule has 0 bridgehead atoms. The van der Waals surface area contributed by atoms with E-state index < -0.39 is 5.91 Å². The Morgan fingerprint density at radius 2 is 1.92 bits per heavy atom. The van der Waals surface area contributed by atoms with Crippen LogP contribution in [0.1, 0.15) is 28.1 Å². The average molecular weight is 340 g/mol. The SMILES string of the molecule is Cc1ccc(C(CNC(=O)c2cc(=O)c3ccccc3o2)N(C)C)o1. The standard InChI is InChI=1S/C19H20N2O4/c1-12-8-9-17(24-12)14(21(2)3)11-20-19(23)18-10-15(22)13-6-4-5-7-16(13)25-18/h4-10,14H,11H2,1-3H3,(H,20,23). The van der Waals surface area contributed by atoms with Crippen LogP contribution in [0.4, 0.5) is 0 Å². The lowest BCUT2D eigenvalue weighted by Gasteiger charge is -2.22. The molecule has 6 nitrogen and oxygen atoms in total. The van der Waals surface area contributed by atoms with Crippen LogP contribution in [0.15, 0.2) is 56.1 Å². The van der Waals surface area contributed by atoms with Gasteiger partial charge in [-0.3, -0.25) is 14.5 Å². The Bertz CT molecular complexity index is 955. The third-order valence-corrected chi connectivity index (χ3v) is 4.03. The van der Waals surface area contributed by atoms with Crippen molar-refractivity contribution in [2.45, 2.75) is 13.0 Å². The van der Waals surface area contributed by atoms with E-state index in [2.05, 4.69) is 5.32 Å². The van der Waals surface area contributed by atoms with Gasteiger partial charge in [-0.2, -0.15) is 0 Å². The number of amides is 1. The Balaban J connectivity index is 1.78. The molecule has 0 fully saturated rings.